The number of H-pyrrole nitrogens is 1. The number of aryl methyl sites for hydroxylation is 1. The molecule has 3 heterocycles. The predicted octanol–water partition coefficient (Wildman–Crippen LogP) is 3.94. The molecule has 0 spiro atoms. The van der Waals surface area contributed by atoms with Gasteiger partial charge < -0.3 is 25.5 Å². The van der Waals surface area contributed by atoms with Gasteiger partial charge in [0.05, 0.1) is 25.7 Å². The molecule has 0 saturated carbocycles. The van der Waals surface area contributed by atoms with Crippen LogP contribution in [0.15, 0.2) is 34.6 Å². The number of nitrogens with two attached hydrogens (primary N) is 1. The minimum Gasteiger partial charge on any atom is -0.497 e. The van der Waals surface area contributed by atoms with Gasteiger partial charge in [-0.15, -0.1) is 0 Å². The van der Waals surface area contributed by atoms with Crippen molar-refractivity contribution in [1.82, 2.24) is 20.3 Å². The lowest BCUT2D eigenvalue weighted by Crippen LogP contribution is -2.58. The number of methoxy groups -OCH3 is 2. The molecule has 0 unspecified atom stereocenters. The Morgan fingerprint density at radius 3 is 2.55 bits per heavy atom. The number of benzene rings is 1. The molecule has 1 aliphatic heterocycles. The first kappa shape index (κ1) is 23.6. The van der Waals surface area contributed by atoms with Crippen molar-refractivity contribution in [3.05, 3.63) is 24.5 Å². The number of anilines is 1. The summed E-state index contributed by atoms with van der Waals surface area (Å²) in [4.78, 5) is 13.5. The van der Waals surface area contributed by atoms with E-state index in [1.165, 1.54) is 11.8 Å². The number of aromatic nitrogens is 4. The lowest BCUT2D eigenvalue weighted by molar-refractivity contribution is -0.677. The number of fused-ring (bicyclic) bond motifs is 1. The zero-order valence-corrected chi connectivity index (χ0v) is 21.2. The molecular formula is C24H35N6O2S+. The van der Waals surface area contributed by atoms with Gasteiger partial charge in [0.25, 0.3) is 5.65 Å². The lowest BCUT2D eigenvalue weighted by Gasteiger charge is -2.46. The van der Waals surface area contributed by atoms with Gasteiger partial charge in [-0.2, -0.15) is 0 Å². The van der Waals surface area contributed by atoms with E-state index in [0.717, 1.165) is 58.5 Å². The quantitative estimate of drug-likeness (QED) is 0.449. The highest BCUT2D eigenvalue weighted by atomic mass is 32.2. The van der Waals surface area contributed by atoms with Crippen LogP contribution in [0, 0.1) is 5.92 Å². The lowest BCUT2D eigenvalue weighted by atomic mass is 9.75. The van der Waals surface area contributed by atoms with E-state index in [4.69, 9.17) is 20.2 Å². The molecule has 8 nitrogen and oxygen atoms in total. The molecule has 0 amide bonds. The van der Waals surface area contributed by atoms with E-state index in [-0.39, 0.29) is 11.1 Å². The fraction of sp³-hybridized carbons (Fsp3) is 0.542. The van der Waals surface area contributed by atoms with E-state index >= 15 is 0 Å². The number of aromatic amines is 1. The molecule has 1 saturated heterocycles. The Morgan fingerprint density at radius 1 is 1.15 bits per heavy atom. The minimum atomic E-state index is 0.137. The third kappa shape index (κ3) is 5.35. The Bertz CT molecular complexity index is 1130. The van der Waals surface area contributed by atoms with Crippen LogP contribution in [-0.2, 0) is 6.54 Å². The van der Waals surface area contributed by atoms with Crippen molar-refractivity contribution in [2.45, 2.75) is 74.6 Å². The van der Waals surface area contributed by atoms with Gasteiger partial charge in [-0.3, -0.25) is 0 Å². The summed E-state index contributed by atoms with van der Waals surface area (Å²) in [5.41, 5.74) is 8.04. The van der Waals surface area contributed by atoms with Crippen LogP contribution < -0.4 is 25.1 Å². The van der Waals surface area contributed by atoms with Crippen molar-refractivity contribution >= 4 is 28.7 Å². The first-order valence-corrected chi connectivity index (χ1v) is 12.1. The number of ether oxygens (including phenoxy) is 2. The van der Waals surface area contributed by atoms with Crippen LogP contribution in [0.2, 0.25) is 0 Å². The average molecular weight is 472 g/mol. The average Bonchev–Trinajstić information content (AvgIpc) is 3.15. The van der Waals surface area contributed by atoms with E-state index in [2.05, 4.69) is 47.5 Å². The van der Waals surface area contributed by atoms with Crippen LogP contribution >= 0.6 is 11.8 Å². The first-order valence-electron chi connectivity index (χ1n) is 11.3. The maximum atomic E-state index is 6.19. The van der Waals surface area contributed by atoms with Gasteiger partial charge in [-0.05, 0) is 82.8 Å². The zero-order chi connectivity index (χ0) is 23.8. The molecule has 3 aromatic rings. The third-order valence-electron chi connectivity index (χ3n) is 6.16. The second-order valence-electron chi connectivity index (χ2n) is 10.1. The molecule has 0 radical (unpaired) electrons. The molecule has 1 fully saturated rings. The normalized spacial score (nSPS) is 17.9. The van der Waals surface area contributed by atoms with Gasteiger partial charge in [0.1, 0.15) is 11.5 Å². The molecule has 1 aliphatic rings. The number of nitrogens with one attached hydrogen (secondary N) is 2. The van der Waals surface area contributed by atoms with E-state index in [9.17, 15) is 0 Å². The molecule has 9 heteroatoms. The Labute approximate surface area is 199 Å². The number of hydrogen-bond donors (Lipinski definition) is 3. The summed E-state index contributed by atoms with van der Waals surface area (Å²) in [6.07, 6.45) is 5.18. The highest BCUT2D eigenvalue weighted by Gasteiger charge is 2.37. The number of imidazole rings is 1. The number of rotatable bonds is 7. The minimum absolute atomic E-state index is 0.137. The van der Waals surface area contributed by atoms with Crippen LogP contribution in [0.25, 0.3) is 11.2 Å². The van der Waals surface area contributed by atoms with Crippen molar-refractivity contribution in [3.63, 3.8) is 0 Å². The SMILES string of the molecule is COc1ccc(OC)c(Sc2nc3c([nH]2)c(N)nc[n+]3CCC2CC(C)(C)NC(C)(C)C2)c1. The molecule has 33 heavy (non-hydrogen) atoms. The smallest absolute Gasteiger partial charge is 0.294 e. The predicted molar refractivity (Wildman–Crippen MR) is 131 cm³/mol. The van der Waals surface area contributed by atoms with E-state index in [1.807, 2.05) is 18.2 Å². The second kappa shape index (κ2) is 9.02. The maximum absolute atomic E-state index is 6.19. The fourth-order valence-electron chi connectivity index (χ4n) is 5.22. The van der Waals surface area contributed by atoms with Crippen LogP contribution in [-0.4, -0.2) is 40.2 Å². The third-order valence-corrected chi connectivity index (χ3v) is 7.08. The summed E-state index contributed by atoms with van der Waals surface area (Å²) in [5.74, 6) is 2.60. The summed E-state index contributed by atoms with van der Waals surface area (Å²) in [6.45, 7) is 10.0. The van der Waals surface area contributed by atoms with Gasteiger partial charge in [0.2, 0.25) is 17.3 Å². The monoisotopic (exact) mass is 471 g/mol. The van der Waals surface area contributed by atoms with E-state index in [0.29, 0.717) is 11.7 Å². The van der Waals surface area contributed by atoms with Gasteiger partial charge in [0.15, 0.2) is 5.52 Å². The van der Waals surface area contributed by atoms with Crippen molar-refractivity contribution in [1.29, 1.82) is 0 Å². The van der Waals surface area contributed by atoms with Gasteiger partial charge in [-0.1, -0.05) is 9.97 Å². The van der Waals surface area contributed by atoms with Crippen molar-refractivity contribution in [3.8, 4) is 11.5 Å². The summed E-state index contributed by atoms with van der Waals surface area (Å²) >= 11 is 1.48. The molecule has 4 N–H and O–H groups in total. The maximum Gasteiger partial charge on any atom is 0.294 e. The molecular weight excluding hydrogens is 436 g/mol. The molecule has 0 atom stereocenters. The van der Waals surface area contributed by atoms with Gasteiger partial charge >= 0.3 is 0 Å². The highest BCUT2D eigenvalue weighted by Crippen LogP contribution is 2.37. The summed E-state index contributed by atoms with van der Waals surface area (Å²) in [6, 6.07) is 5.70. The molecule has 4 rings (SSSR count). The van der Waals surface area contributed by atoms with Crippen LogP contribution in [0.4, 0.5) is 5.82 Å². The number of hydrogen-bond acceptors (Lipinski definition) is 7. The summed E-state index contributed by atoms with van der Waals surface area (Å²) in [7, 11) is 3.31. The molecule has 178 valence electrons. The summed E-state index contributed by atoms with van der Waals surface area (Å²) in [5, 5.41) is 4.50. The Balaban J connectivity index is 1.57. The van der Waals surface area contributed by atoms with E-state index in [1.54, 1.807) is 20.5 Å². The molecule has 0 aliphatic carbocycles. The number of nitrogen functional groups attached to an aromatic ring is 1. The molecule has 0 bridgehead atoms. The number of piperidine rings is 1. The van der Waals surface area contributed by atoms with Crippen LogP contribution in [0.3, 0.4) is 0 Å². The standard InChI is InChI=1S/C24H34N6O2S/c1-23(2)12-15(13-24(3,4)29-23)9-10-30-14-26-20(25)19-21(30)28-22(27-19)33-18-11-16(31-5)7-8-17(18)32-6/h7-8,11,14-15,29H,9-10,12-13H2,1-6H3,(H2,25,27,28)/p+1. The Hall–Kier alpha value is -2.52. The van der Waals surface area contributed by atoms with Gasteiger partial charge in [0, 0.05) is 11.1 Å². The van der Waals surface area contributed by atoms with Crippen LogP contribution in [0.1, 0.15) is 47.0 Å². The fourth-order valence-corrected chi connectivity index (χ4v) is 6.14. The van der Waals surface area contributed by atoms with Crippen molar-refractivity contribution in [2.24, 2.45) is 5.92 Å². The first-order chi connectivity index (χ1) is 15.6. The Morgan fingerprint density at radius 2 is 1.88 bits per heavy atom. The van der Waals surface area contributed by atoms with Crippen LogP contribution in [0.5, 0.6) is 11.5 Å². The highest BCUT2D eigenvalue weighted by molar-refractivity contribution is 7.99. The van der Waals surface area contributed by atoms with Crippen molar-refractivity contribution < 1.29 is 14.0 Å². The second-order valence-corrected chi connectivity index (χ2v) is 11.2. The topological polar surface area (TPSA) is 102 Å². The molecule has 1 aromatic carbocycles. The van der Waals surface area contributed by atoms with Crippen molar-refractivity contribution in [2.75, 3.05) is 20.0 Å². The zero-order valence-electron chi connectivity index (χ0n) is 20.4. The van der Waals surface area contributed by atoms with Gasteiger partial charge in [-0.25, -0.2) is 4.57 Å². The number of nitrogens with zero attached hydrogens (tertiary/aromatic N) is 3. The summed E-state index contributed by atoms with van der Waals surface area (Å²) < 4.78 is 13.0. The Kier molecular flexibility index (Phi) is 6.46. The van der Waals surface area contributed by atoms with E-state index < -0.39 is 0 Å². The largest absolute Gasteiger partial charge is 0.497 e. The molecule has 2 aromatic heterocycles.